The van der Waals surface area contributed by atoms with Crippen LogP contribution in [0.1, 0.15) is 36.3 Å². The molecule has 0 saturated carbocycles. The number of rotatable bonds is 3. The van der Waals surface area contributed by atoms with Crippen LogP contribution in [0.4, 0.5) is 5.82 Å². The van der Waals surface area contributed by atoms with Crippen LogP contribution in [0, 0.1) is 18.8 Å². The van der Waals surface area contributed by atoms with Crippen molar-refractivity contribution in [3.8, 4) is 0 Å². The van der Waals surface area contributed by atoms with E-state index in [0.717, 1.165) is 43.0 Å². The Morgan fingerprint density at radius 1 is 1.08 bits per heavy atom. The second kappa shape index (κ2) is 6.32. The predicted octanol–water partition coefficient (Wildman–Crippen LogP) is 3.11. The van der Waals surface area contributed by atoms with Crippen LogP contribution in [0.2, 0.25) is 0 Å². The minimum Gasteiger partial charge on any atom is -0.356 e. The highest BCUT2D eigenvalue weighted by Gasteiger charge is 2.40. The first-order chi connectivity index (χ1) is 11.9. The third kappa shape index (κ3) is 3.55. The number of hydrogen-bond acceptors (Lipinski definition) is 6. The van der Waals surface area contributed by atoms with Crippen LogP contribution in [0.5, 0.6) is 0 Å². The maximum absolute atomic E-state index is 4.55. The molecule has 2 aromatic rings. The van der Waals surface area contributed by atoms with Gasteiger partial charge in [0.15, 0.2) is 0 Å². The van der Waals surface area contributed by atoms with Gasteiger partial charge in [0.1, 0.15) is 12.1 Å². The Morgan fingerprint density at radius 2 is 1.80 bits per heavy atom. The molecule has 4 heterocycles. The number of hydrogen-bond donors (Lipinski definition) is 0. The van der Waals surface area contributed by atoms with Gasteiger partial charge in [-0.05, 0) is 18.8 Å². The van der Waals surface area contributed by atoms with Crippen molar-refractivity contribution in [1.82, 2.24) is 19.9 Å². The number of aromatic nitrogens is 3. The molecule has 2 saturated heterocycles. The molecular formula is C19H27N5S. The zero-order chi connectivity index (χ0) is 17.6. The Hall–Kier alpha value is -1.53. The van der Waals surface area contributed by atoms with Crippen LogP contribution >= 0.6 is 11.3 Å². The monoisotopic (exact) mass is 357 g/mol. The molecule has 134 valence electrons. The van der Waals surface area contributed by atoms with Crippen molar-refractivity contribution in [3.05, 3.63) is 34.2 Å². The Balaban J connectivity index is 1.39. The Bertz CT molecular complexity index is 736. The quantitative estimate of drug-likeness (QED) is 0.845. The van der Waals surface area contributed by atoms with Crippen LogP contribution in [-0.2, 0) is 12.0 Å². The second-order valence-corrected chi connectivity index (χ2v) is 9.80. The standard InChI is InChI=1S/C19H27N5S/c1-13-20-6-16(25-13)11-23-7-14-9-24(10-15(14)8-23)18-5-17(19(2,3)4)21-12-22-18/h5-6,12,14-15H,7-11H2,1-4H3. The molecule has 0 amide bonds. The summed E-state index contributed by atoms with van der Waals surface area (Å²) in [6.07, 6.45) is 3.76. The second-order valence-electron chi connectivity index (χ2n) is 8.48. The van der Waals surface area contributed by atoms with Crippen molar-refractivity contribution < 1.29 is 0 Å². The summed E-state index contributed by atoms with van der Waals surface area (Å²) < 4.78 is 0. The Labute approximate surface area is 154 Å². The minimum atomic E-state index is 0.0664. The summed E-state index contributed by atoms with van der Waals surface area (Å²) in [6, 6.07) is 2.18. The van der Waals surface area contributed by atoms with Gasteiger partial charge in [-0.3, -0.25) is 4.90 Å². The van der Waals surface area contributed by atoms with E-state index in [9.17, 15) is 0 Å². The summed E-state index contributed by atoms with van der Waals surface area (Å²) in [5, 5.41) is 1.17. The van der Waals surface area contributed by atoms with Crippen LogP contribution in [0.15, 0.2) is 18.6 Å². The maximum atomic E-state index is 4.55. The molecule has 2 aliphatic rings. The zero-order valence-electron chi connectivity index (χ0n) is 15.6. The number of fused-ring (bicyclic) bond motifs is 1. The van der Waals surface area contributed by atoms with E-state index in [2.05, 4.69) is 58.5 Å². The SMILES string of the molecule is Cc1ncc(CN2CC3CN(c4cc(C(C)(C)C)ncn4)CC3C2)s1. The van der Waals surface area contributed by atoms with Gasteiger partial charge < -0.3 is 4.90 Å². The van der Waals surface area contributed by atoms with E-state index in [4.69, 9.17) is 0 Å². The third-order valence-electron chi connectivity index (χ3n) is 5.36. The molecule has 2 atom stereocenters. The van der Waals surface area contributed by atoms with E-state index >= 15 is 0 Å². The molecule has 0 bridgehead atoms. The molecule has 0 aliphatic carbocycles. The molecule has 2 unspecified atom stereocenters. The number of likely N-dealkylation sites (tertiary alicyclic amines) is 1. The fraction of sp³-hybridized carbons (Fsp3) is 0.632. The molecule has 2 aromatic heterocycles. The highest BCUT2D eigenvalue weighted by molar-refractivity contribution is 7.11. The van der Waals surface area contributed by atoms with Gasteiger partial charge in [-0.2, -0.15) is 0 Å². The lowest BCUT2D eigenvalue weighted by atomic mass is 9.92. The highest BCUT2D eigenvalue weighted by Crippen LogP contribution is 2.35. The van der Waals surface area contributed by atoms with E-state index in [1.54, 1.807) is 6.33 Å². The van der Waals surface area contributed by atoms with E-state index in [0.29, 0.717) is 0 Å². The summed E-state index contributed by atoms with van der Waals surface area (Å²) in [7, 11) is 0. The maximum Gasteiger partial charge on any atom is 0.132 e. The van der Waals surface area contributed by atoms with Crippen LogP contribution in [0.25, 0.3) is 0 Å². The summed E-state index contributed by atoms with van der Waals surface area (Å²) in [5.74, 6) is 2.60. The number of aryl methyl sites for hydroxylation is 1. The normalized spacial score (nSPS) is 24.1. The highest BCUT2D eigenvalue weighted by atomic mass is 32.1. The number of anilines is 1. The van der Waals surface area contributed by atoms with Crippen molar-refractivity contribution in [2.24, 2.45) is 11.8 Å². The molecule has 5 nitrogen and oxygen atoms in total. The molecule has 0 radical (unpaired) electrons. The van der Waals surface area contributed by atoms with Crippen molar-refractivity contribution >= 4 is 17.2 Å². The smallest absolute Gasteiger partial charge is 0.132 e. The topological polar surface area (TPSA) is 45.2 Å². The average molecular weight is 358 g/mol. The number of nitrogens with zero attached hydrogens (tertiary/aromatic N) is 5. The average Bonchev–Trinajstić information content (AvgIpc) is 3.22. The number of thiazole rings is 1. The molecule has 0 aromatic carbocycles. The van der Waals surface area contributed by atoms with E-state index < -0.39 is 0 Å². The van der Waals surface area contributed by atoms with Gasteiger partial charge in [0.2, 0.25) is 0 Å². The van der Waals surface area contributed by atoms with Crippen molar-refractivity contribution in [1.29, 1.82) is 0 Å². The Kier molecular flexibility index (Phi) is 4.28. The van der Waals surface area contributed by atoms with Gasteiger partial charge >= 0.3 is 0 Å². The molecule has 4 rings (SSSR count). The van der Waals surface area contributed by atoms with Gasteiger partial charge in [-0.25, -0.2) is 15.0 Å². The van der Waals surface area contributed by atoms with Gasteiger partial charge in [0, 0.05) is 55.3 Å². The summed E-state index contributed by atoms with van der Waals surface area (Å²) in [6.45, 7) is 14.4. The molecule has 0 N–H and O–H groups in total. The van der Waals surface area contributed by atoms with Crippen molar-refractivity contribution in [2.75, 3.05) is 31.1 Å². The summed E-state index contributed by atoms with van der Waals surface area (Å²) in [5.41, 5.74) is 1.19. The molecule has 0 spiro atoms. The van der Waals surface area contributed by atoms with E-state index in [1.165, 1.54) is 23.0 Å². The largest absolute Gasteiger partial charge is 0.356 e. The fourth-order valence-electron chi connectivity index (χ4n) is 4.04. The first-order valence-electron chi connectivity index (χ1n) is 9.09. The molecular weight excluding hydrogens is 330 g/mol. The van der Waals surface area contributed by atoms with Gasteiger partial charge in [0.25, 0.3) is 0 Å². The fourth-order valence-corrected chi connectivity index (χ4v) is 4.87. The van der Waals surface area contributed by atoms with E-state index in [1.807, 2.05) is 17.5 Å². The van der Waals surface area contributed by atoms with Gasteiger partial charge in [-0.15, -0.1) is 11.3 Å². The van der Waals surface area contributed by atoms with Gasteiger partial charge in [0.05, 0.1) is 10.7 Å². The van der Waals surface area contributed by atoms with Crippen LogP contribution < -0.4 is 4.90 Å². The summed E-state index contributed by atoms with van der Waals surface area (Å²) in [4.78, 5) is 19.8. The zero-order valence-corrected chi connectivity index (χ0v) is 16.4. The van der Waals surface area contributed by atoms with Gasteiger partial charge in [-0.1, -0.05) is 20.8 Å². The molecule has 2 fully saturated rings. The lowest BCUT2D eigenvalue weighted by Crippen LogP contribution is -2.29. The third-order valence-corrected chi connectivity index (χ3v) is 6.25. The molecule has 2 aliphatic heterocycles. The molecule has 6 heteroatoms. The summed E-state index contributed by atoms with van der Waals surface area (Å²) >= 11 is 1.82. The first kappa shape index (κ1) is 16.9. The predicted molar refractivity (Wildman–Crippen MR) is 102 cm³/mol. The van der Waals surface area contributed by atoms with Crippen LogP contribution in [0.3, 0.4) is 0 Å². The van der Waals surface area contributed by atoms with Crippen LogP contribution in [-0.4, -0.2) is 46.0 Å². The Morgan fingerprint density at radius 3 is 2.40 bits per heavy atom. The first-order valence-corrected chi connectivity index (χ1v) is 9.91. The minimum absolute atomic E-state index is 0.0664. The van der Waals surface area contributed by atoms with Crippen molar-refractivity contribution in [3.63, 3.8) is 0 Å². The lowest BCUT2D eigenvalue weighted by Gasteiger charge is -2.24. The lowest BCUT2D eigenvalue weighted by molar-refractivity contribution is 0.311. The van der Waals surface area contributed by atoms with E-state index in [-0.39, 0.29) is 5.41 Å². The van der Waals surface area contributed by atoms with Crippen molar-refractivity contribution in [2.45, 2.75) is 39.7 Å². The molecule has 25 heavy (non-hydrogen) atoms.